The predicted molar refractivity (Wildman–Crippen MR) is 85.0 cm³/mol. The fourth-order valence-electron chi connectivity index (χ4n) is 2.12. The summed E-state index contributed by atoms with van der Waals surface area (Å²) in [5, 5.41) is 9.04. The maximum Gasteiger partial charge on any atom is 0.433 e. The molecule has 0 saturated carbocycles. The van der Waals surface area contributed by atoms with Crippen LogP contribution in [0.1, 0.15) is 18.2 Å². The second-order valence-electron chi connectivity index (χ2n) is 5.19. The quantitative estimate of drug-likeness (QED) is 0.487. The van der Waals surface area contributed by atoms with Gasteiger partial charge in [-0.3, -0.25) is 4.79 Å². The van der Waals surface area contributed by atoms with Crippen molar-refractivity contribution in [1.82, 2.24) is 9.24 Å². The Balaban J connectivity index is 2.80. The van der Waals surface area contributed by atoms with E-state index >= 15 is 0 Å². The van der Waals surface area contributed by atoms with Crippen molar-refractivity contribution in [2.45, 2.75) is 19.2 Å². The van der Waals surface area contributed by atoms with Crippen molar-refractivity contribution in [1.29, 1.82) is 5.26 Å². The highest BCUT2D eigenvalue weighted by atomic mass is 19.4. The number of terminal acetylenes is 1. The van der Waals surface area contributed by atoms with E-state index in [9.17, 15) is 27.2 Å². The number of nitrogens with two attached hydrogens (primary N) is 1. The fourth-order valence-corrected chi connectivity index (χ4v) is 2.12. The third-order valence-corrected chi connectivity index (χ3v) is 3.38. The van der Waals surface area contributed by atoms with E-state index in [4.69, 9.17) is 22.3 Å². The van der Waals surface area contributed by atoms with Gasteiger partial charge in [-0.15, -0.1) is 6.42 Å². The smallest absolute Gasteiger partial charge is 0.433 e. The van der Waals surface area contributed by atoms with Gasteiger partial charge in [0.05, 0.1) is 11.3 Å². The summed E-state index contributed by atoms with van der Waals surface area (Å²) < 4.78 is 57.8. The van der Waals surface area contributed by atoms with Crippen LogP contribution in [0.2, 0.25) is 0 Å². The first-order valence-corrected chi connectivity index (χ1v) is 7.09. The number of rotatable bonds is 3. The summed E-state index contributed by atoms with van der Waals surface area (Å²) in [6, 6.07) is 3.14. The minimum absolute atomic E-state index is 0.0453. The number of aromatic nitrogens is 2. The number of hydrogen-bond donors (Lipinski definition) is 1. The van der Waals surface area contributed by atoms with Gasteiger partial charge in [-0.25, -0.2) is 18.4 Å². The molecule has 0 fully saturated rings. The van der Waals surface area contributed by atoms with E-state index in [-0.39, 0.29) is 26.6 Å². The molecule has 0 aliphatic heterocycles. The van der Waals surface area contributed by atoms with Crippen LogP contribution in [0.3, 0.4) is 0 Å². The number of benzene rings is 1. The van der Waals surface area contributed by atoms with Gasteiger partial charge >= 0.3 is 11.9 Å². The molecule has 1 unspecified atom stereocenters. The van der Waals surface area contributed by atoms with Crippen LogP contribution in [0.15, 0.2) is 27.8 Å². The zero-order chi connectivity index (χ0) is 20.5. The Morgan fingerprint density at radius 2 is 1.93 bits per heavy atom. The van der Waals surface area contributed by atoms with Gasteiger partial charge in [0.2, 0.25) is 0 Å². The Bertz CT molecular complexity index is 1100. The van der Waals surface area contributed by atoms with Gasteiger partial charge in [0.15, 0.2) is 11.8 Å². The zero-order valence-corrected chi connectivity index (χ0v) is 13.5. The van der Waals surface area contributed by atoms with E-state index < -0.39 is 40.7 Å². The van der Waals surface area contributed by atoms with E-state index in [1.807, 2.05) is 0 Å². The van der Waals surface area contributed by atoms with Crippen LogP contribution in [0.4, 0.5) is 17.6 Å². The normalized spacial score (nSPS) is 12.1. The van der Waals surface area contributed by atoms with Gasteiger partial charge < -0.3 is 10.6 Å². The summed E-state index contributed by atoms with van der Waals surface area (Å²) in [6.07, 6.45) is -0.781. The Kier molecular flexibility index (Phi) is 4.99. The summed E-state index contributed by atoms with van der Waals surface area (Å²) in [5.74, 6) is 5.80. The van der Waals surface area contributed by atoms with Crippen LogP contribution >= 0.6 is 0 Å². The average molecular weight is 382 g/mol. The first-order chi connectivity index (χ1) is 12.5. The van der Waals surface area contributed by atoms with E-state index in [1.165, 1.54) is 6.92 Å². The minimum atomic E-state index is -5.08. The highest BCUT2D eigenvalue weighted by molar-refractivity contribution is 5.51. The Labute approximate surface area is 148 Å². The van der Waals surface area contributed by atoms with Crippen molar-refractivity contribution < 1.29 is 22.3 Å². The third kappa shape index (κ3) is 3.62. The number of nitriles is 1. The number of halogens is 4. The molecule has 1 atom stereocenters. The molecule has 140 valence electrons. The lowest BCUT2D eigenvalue weighted by molar-refractivity contribution is -0.143. The molecule has 0 radical (unpaired) electrons. The number of nitrogen functional groups attached to an aromatic ring is 1. The van der Waals surface area contributed by atoms with Crippen LogP contribution in [0, 0.1) is 29.5 Å². The molecular formula is C16H10F4N4O3. The Morgan fingerprint density at radius 3 is 2.44 bits per heavy atom. The molecule has 1 heterocycles. The highest BCUT2D eigenvalue weighted by Crippen LogP contribution is 2.28. The lowest BCUT2D eigenvalue weighted by Gasteiger charge is -2.16. The topological polar surface area (TPSA) is 103 Å². The lowest BCUT2D eigenvalue weighted by Crippen LogP contribution is -2.45. The van der Waals surface area contributed by atoms with E-state index in [2.05, 4.69) is 5.92 Å². The SMILES string of the molecule is C#CC(C)Oc1cc(-n2c(=O)cc(C(F)(F)F)n(N)c2=O)c(F)cc1C#N. The number of ether oxygens (including phenoxy) is 1. The van der Waals surface area contributed by atoms with E-state index in [0.29, 0.717) is 6.07 Å². The summed E-state index contributed by atoms with van der Waals surface area (Å²) in [7, 11) is 0. The van der Waals surface area contributed by atoms with Crippen LogP contribution in [0.25, 0.3) is 5.69 Å². The van der Waals surface area contributed by atoms with E-state index in [1.54, 1.807) is 6.07 Å². The molecule has 11 heteroatoms. The maximum absolute atomic E-state index is 14.3. The van der Waals surface area contributed by atoms with Gasteiger partial charge in [0, 0.05) is 12.1 Å². The standard InChI is InChI=1S/C16H10F4N4O3/c1-3-8(2)27-12-5-11(10(17)4-9(12)7-21)23-14(25)6-13(16(18,19)20)24(22)15(23)26/h1,4-6,8H,22H2,2H3. The monoisotopic (exact) mass is 382 g/mol. The van der Waals surface area contributed by atoms with Crippen molar-refractivity contribution in [3.05, 3.63) is 56.1 Å². The molecule has 27 heavy (non-hydrogen) atoms. The van der Waals surface area contributed by atoms with Crippen LogP contribution in [0.5, 0.6) is 5.75 Å². The summed E-state index contributed by atoms with van der Waals surface area (Å²) in [5.41, 5.74) is -5.88. The molecule has 0 saturated heterocycles. The van der Waals surface area contributed by atoms with Crippen LogP contribution < -0.4 is 21.8 Å². The molecule has 0 aliphatic carbocycles. The van der Waals surface area contributed by atoms with E-state index in [0.717, 1.165) is 6.07 Å². The van der Waals surface area contributed by atoms with Crippen molar-refractivity contribution in [3.63, 3.8) is 0 Å². The molecule has 1 aromatic heterocycles. The second kappa shape index (κ2) is 6.88. The van der Waals surface area contributed by atoms with Gasteiger partial charge in [-0.05, 0) is 13.0 Å². The molecule has 0 aliphatic rings. The zero-order valence-electron chi connectivity index (χ0n) is 13.5. The largest absolute Gasteiger partial charge is 0.477 e. The van der Waals surface area contributed by atoms with Crippen LogP contribution in [-0.2, 0) is 6.18 Å². The second-order valence-corrected chi connectivity index (χ2v) is 5.19. The number of nitrogens with zero attached hydrogens (tertiary/aromatic N) is 3. The summed E-state index contributed by atoms with van der Waals surface area (Å²) in [6.45, 7) is 1.43. The van der Waals surface area contributed by atoms with Crippen molar-refractivity contribution in [2.75, 3.05) is 5.84 Å². The molecular weight excluding hydrogens is 372 g/mol. The molecule has 0 amide bonds. The molecule has 7 nitrogen and oxygen atoms in total. The first kappa shape index (κ1) is 19.6. The van der Waals surface area contributed by atoms with Gasteiger partial charge in [-0.1, -0.05) is 5.92 Å². The minimum Gasteiger partial charge on any atom is -0.477 e. The van der Waals surface area contributed by atoms with Crippen molar-refractivity contribution in [2.24, 2.45) is 0 Å². The van der Waals surface area contributed by atoms with Gasteiger partial charge in [0.25, 0.3) is 5.56 Å². The molecule has 0 spiro atoms. The molecule has 2 N–H and O–H groups in total. The van der Waals surface area contributed by atoms with Crippen molar-refractivity contribution in [3.8, 4) is 29.8 Å². The summed E-state index contributed by atoms with van der Waals surface area (Å²) >= 11 is 0. The predicted octanol–water partition coefficient (Wildman–Crippen LogP) is 1.14. The van der Waals surface area contributed by atoms with Crippen LogP contribution in [-0.4, -0.2) is 15.3 Å². The molecule has 2 aromatic rings. The van der Waals surface area contributed by atoms with Gasteiger partial charge in [-0.2, -0.15) is 18.4 Å². The number of alkyl halides is 3. The first-order valence-electron chi connectivity index (χ1n) is 7.09. The number of hydrogen-bond acceptors (Lipinski definition) is 5. The average Bonchev–Trinajstić information content (AvgIpc) is 2.59. The molecule has 0 bridgehead atoms. The van der Waals surface area contributed by atoms with Crippen molar-refractivity contribution >= 4 is 0 Å². The fraction of sp³-hybridized carbons (Fsp3) is 0.188. The molecule has 2 rings (SSSR count). The third-order valence-electron chi connectivity index (χ3n) is 3.38. The Hall–Kier alpha value is -3.73. The maximum atomic E-state index is 14.3. The Morgan fingerprint density at radius 1 is 1.30 bits per heavy atom. The lowest BCUT2D eigenvalue weighted by atomic mass is 10.1. The molecule has 1 aromatic carbocycles. The van der Waals surface area contributed by atoms with Gasteiger partial charge in [0.1, 0.15) is 17.6 Å². The highest BCUT2D eigenvalue weighted by Gasteiger charge is 2.36. The summed E-state index contributed by atoms with van der Waals surface area (Å²) in [4.78, 5) is 24.2.